The molecule has 3 atom stereocenters. The van der Waals surface area contributed by atoms with Crippen LogP contribution in [0.1, 0.15) is 33.6 Å². The fourth-order valence-corrected chi connectivity index (χ4v) is 1.23. The van der Waals surface area contributed by atoms with Crippen LogP contribution in [0.2, 0.25) is 0 Å². The molecule has 2 heteroatoms. The molecule has 11 heavy (non-hydrogen) atoms. The zero-order chi connectivity index (χ0) is 8.85. The lowest BCUT2D eigenvalue weighted by Gasteiger charge is -2.20. The fourth-order valence-electron chi connectivity index (χ4n) is 1.23. The zero-order valence-electron chi connectivity index (χ0n) is 8.00. The quantitative estimate of drug-likeness (QED) is 0.664. The molecule has 0 fully saturated rings. The van der Waals surface area contributed by atoms with Crippen molar-refractivity contribution in [3.63, 3.8) is 0 Å². The van der Waals surface area contributed by atoms with Crippen LogP contribution in [0.3, 0.4) is 0 Å². The summed E-state index contributed by atoms with van der Waals surface area (Å²) in [6, 6.07) is 0. The molecule has 0 amide bonds. The van der Waals surface area contributed by atoms with E-state index >= 15 is 0 Å². The Kier molecular flexibility index (Phi) is 5.51. The molecule has 3 unspecified atom stereocenters. The van der Waals surface area contributed by atoms with Crippen LogP contribution in [0.15, 0.2) is 0 Å². The summed E-state index contributed by atoms with van der Waals surface area (Å²) in [6.07, 6.45) is 2.02. The molecule has 2 nitrogen and oxygen atoms in total. The molecule has 0 aromatic heterocycles. The van der Waals surface area contributed by atoms with Gasteiger partial charge in [0, 0.05) is 7.11 Å². The van der Waals surface area contributed by atoms with Gasteiger partial charge in [0.15, 0.2) is 0 Å². The van der Waals surface area contributed by atoms with Crippen LogP contribution in [0, 0.1) is 5.92 Å². The molecule has 0 aromatic carbocycles. The summed E-state index contributed by atoms with van der Waals surface area (Å²) in [5.41, 5.74) is 0. The van der Waals surface area contributed by atoms with Crippen molar-refractivity contribution >= 4 is 0 Å². The monoisotopic (exact) mass is 160 g/mol. The van der Waals surface area contributed by atoms with Crippen molar-refractivity contribution in [3.8, 4) is 0 Å². The Morgan fingerprint density at radius 3 is 2.18 bits per heavy atom. The molecular weight excluding hydrogens is 140 g/mol. The second kappa shape index (κ2) is 5.56. The van der Waals surface area contributed by atoms with Gasteiger partial charge in [-0.1, -0.05) is 13.3 Å². The van der Waals surface area contributed by atoms with E-state index in [9.17, 15) is 5.11 Å². The standard InChI is InChI=1S/C9H20O2/c1-5-9(8(3)10)6-7(2)11-4/h7-10H,5-6H2,1-4H3. The Labute approximate surface area is 69.6 Å². The predicted molar refractivity (Wildman–Crippen MR) is 46.5 cm³/mol. The Morgan fingerprint density at radius 2 is 1.91 bits per heavy atom. The maximum atomic E-state index is 9.30. The topological polar surface area (TPSA) is 29.5 Å². The van der Waals surface area contributed by atoms with Gasteiger partial charge in [-0.2, -0.15) is 0 Å². The summed E-state index contributed by atoms with van der Waals surface area (Å²) in [5, 5.41) is 9.30. The van der Waals surface area contributed by atoms with E-state index in [-0.39, 0.29) is 12.2 Å². The van der Waals surface area contributed by atoms with Crippen molar-refractivity contribution in [1.82, 2.24) is 0 Å². The van der Waals surface area contributed by atoms with E-state index in [0.29, 0.717) is 5.92 Å². The molecule has 0 saturated heterocycles. The number of rotatable bonds is 5. The smallest absolute Gasteiger partial charge is 0.0546 e. The van der Waals surface area contributed by atoms with Crippen molar-refractivity contribution in [2.75, 3.05) is 7.11 Å². The molecule has 0 radical (unpaired) electrons. The van der Waals surface area contributed by atoms with Crippen LogP contribution in [-0.4, -0.2) is 24.4 Å². The predicted octanol–water partition coefficient (Wildman–Crippen LogP) is 1.82. The van der Waals surface area contributed by atoms with E-state index in [1.165, 1.54) is 0 Å². The van der Waals surface area contributed by atoms with Gasteiger partial charge in [0.25, 0.3) is 0 Å². The molecule has 0 aliphatic heterocycles. The zero-order valence-corrected chi connectivity index (χ0v) is 8.00. The van der Waals surface area contributed by atoms with Crippen LogP contribution in [0.5, 0.6) is 0 Å². The molecule has 0 bridgehead atoms. The van der Waals surface area contributed by atoms with Gasteiger partial charge in [0.05, 0.1) is 12.2 Å². The van der Waals surface area contributed by atoms with Gasteiger partial charge in [0.2, 0.25) is 0 Å². The number of aliphatic hydroxyl groups is 1. The number of aliphatic hydroxyl groups excluding tert-OH is 1. The van der Waals surface area contributed by atoms with Gasteiger partial charge in [-0.3, -0.25) is 0 Å². The van der Waals surface area contributed by atoms with Crippen molar-refractivity contribution in [2.24, 2.45) is 5.92 Å². The van der Waals surface area contributed by atoms with Gasteiger partial charge in [-0.15, -0.1) is 0 Å². The van der Waals surface area contributed by atoms with Crippen LogP contribution >= 0.6 is 0 Å². The molecule has 0 heterocycles. The SMILES string of the molecule is CCC(CC(C)OC)C(C)O. The molecule has 68 valence electrons. The van der Waals surface area contributed by atoms with Crippen molar-refractivity contribution in [1.29, 1.82) is 0 Å². The number of methoxy groups -OCH3 is 1. The number of hydrogen-bond donors (Lipinski definition) is 1. The largest absolute Gasteiger partial charge is 0.393 e. The average molecular weight is 160 g/mol. The first-order valence-electron chi connectivity index (χ1n) is 4.32. The number of hydrogen-bond acceptors (Lipinski definition) is 2. The third-order valence-corrected chi connectivity index (χ3v) is 2.24. The third kappa shape index (κ3) is 4.38. The van der Waals surface area contributed by atoms with Crippen molar-refractivity contribution < 1.29 is 9.84 Å². The van der Waals surface area contributed by atoms with Crippen LogP contribution in [0.25, 0.3) is 0 Å². The Hall–Kier alpha value is -0.0800. The Bertz CT molecular complexity index is 91.6. The van der Waals surface area contributed by atoms with E-state index in [1.807, 2.05) is 13.8 Å². The van der Waals surface area contributed by atoms with E-state index < -0.39 is 0 Å². The second-order valence-corrected chi connectivity index (χ2v) is 3.19. The lowest BCUT2D eigenvalue weighted by molar-refractivity contribution is 0.0516. The van der Waals surface area contributed by atoms with E-state index in [0.717, 1.165) is 12.8 Å². The van der Waals surface area contributed by atoms with E-state index in [4.69, 9.17) is 4.74 Å². The lowest BCUT2D eigenvalue weighted by Crippen LogP contribution is -2.21. The fraction of sp³-hybridized carbons (Fsp3) is 1.00. The molecule has 0 aliphatic carbocycles. The Morgan fingerprint density at radius 1 is 1.36 bits per heavy atom. The first-order chi connectivity index (χ1) is 5.11. The summed E-state index contributed by atoms with van der Waals surface area (Å²) in [5.74, 6) is 0.380. The van der Waals surface area contributed by atoms with Crippen LogP contribution in [-0.2, 0) is 4.74 Å². The highest BCUT2D eigenvalue weighted by atomic mass is 16.5. The van der Waals surface area contributed by atoms with Gasteiger partial charge < -0.3 is 9.84 Å². The number of ether oxygens (including phenoxy) is 1. The highest BCUT2D eigenvalue weighted by Crippen LogP contribution is 2.16. The maximum absolute atomic E-state index is 9.30. The Balaban J connectivity index is 3.68. The maximum Gasteiger partial charge on any atom is 0.0546 e. The lowest BCUT2D eigenvalue weighted by atomic mass is 9.94. The summed E-state index contributed by atoms with van der Waals surface area (Å²) in [6.45, 7) is 5.97. The molecule has 0 aliphatic rings. The van der Waals surface area contributed by atoms with Gasteiger partial charge >= 0.3 is 0 Å². The first-order valence-corrected chi connectivity index (χ1v) is 4.32. The van der Waals surface area contributed by atoms with Crippen LogP contribution < -0.4 is 0 Å². The van der Waals surface area contributed by atoms with E-state index in [1.54, 1.807) is 7.11 Å². The third-order valence-electron chi connectivity index (χ3n) is 2.24. The highest BCUT2D eigenvalue weighted by Gasteiger charge is 2.15. The van der Waals surface area contributed by atoms with E-state index in [2.05, 4.69) is 6.92 Å². The normalized spacial score (nSPS) is 19.4. The first kappa shape index (κ1) is 10.9. The molecule has 0 spiro atoms. The second-order valence-electron chi connectivity index (χ2n) is 3.19. The van der Waals surface area contributed by atoms with Gasteiger partial charge in [-0.05, 0) is 26.2 Å². The van der Waals surface area contributed by atoms with Crippen molar-refractivity contribution in [3.05, 3.63) is 0 Å². The van der Waals surface area contributed by atoms with Crippen molar-refractivity contribution in [2.45, 2.75) is 45.8 Å². The molecular formula is C9H20O2. The summed E-state index contributed by atoms with van der Waals surface area (Å²) in [7, 11) is 1.71. The summed E-state index contributed by atoms with van der Waals surface area (Å²) < 4.78 is 5.12. The summed E-state index contributed by atoms with van der Waals surface area (Å²) >= 11 is 0. The molecule has 0 rings (SSSR count). The van der Waals surface area contributed by atoms with Crippen LogP contribution in [0.4, 0.5) is 0 Å². The minimum atomic E-state index is -0.211. The van der Waals surface area contributed by atoms with Gasteiger partial charge in [-0.25, -0.2) is 0 Å². The molecule has 1 N–H and O–H groups in total. The minimum Gasteiger partial charge on any atom is -0.393 e. The average Bonchev–Trinajstić information content (AvgIpc) is 1.99. The molecule has 0 saturated carbocycles. The highest BCUT2D eigenvalue weighted by molar-refractivity contribution is 4.66. The molecule has 0 aromatic rings. The summed E-state index contributed by atoms with van der Waals surface area (Å²) in [4.78, 5) is 0. The van der Waals surface area contributed by atoms with Gasteiger partial charge in [0.1, 0.15) is 0 Å². The minimum absolute atomic E-state index is 0.211.